The monoisotopic (exact) mass is 549 g/mol. The van der Waals surface area contributed by atoms with Crippen molar-refractivity contribution in [3.8, 4) is 11.1 Å². The van der Waals surface area contributed by atoms with E-state index in [1.54, 1.807) is 12.1 Å². The molecular weight excluding hydrogens is 511 g/mol. The molecule has 0 spiro atoms. The highest BCUT2D eigenvalue weighted by Crippen LogP contribution is 2.32. The molecular formula is C32H38F3N5. The maximum absolute atomic E-state index is 13.0. The number of alkyl halides is 3. The zero-order valence-electron chi connectivity index (χ0n) is 22.8. The third-order valence-electron chi connectivity index (χ3n) is 8.72. The van der Waals surface area contributed by atoms with Gasteiger partial charge in [0.15, 0.2) is 0 Å². The quantitative estimate of drug-likeness (QED) is 0.333. The molecule has 1 aliphatic carbocycles. The third-order valence-corrected chi connectivity index (χ3v) is 8.72. The molecule has 212 valence electrons. The predicted molar refractivity (Wildman–Crippen MR) is 155 cm³/mol. The van der Waals surface area contributed by atoms with Crippen LogP contribution in [-0.4, -0.2) is 42.7 Å². The SMILES string of the molecule is FC(F)(F)c1ccc(N2CCC[C@H](N[C@@H]3CCCC[C@H]3Nc3cc(-c4ccc5c(c4)CNCC5)ccn3)C2)cc1. The van der Waals surface area contributed by atoms with E-state index in [2.05, 4.69) is 56.2 Å². The summed E-state index contributed by atoms with van der Waals surface area (Å²) in [5.41, 5.74) is 5.47. The van der Waals surface area contributed by atoms with E-state index in [-0.39, 0.29) is 6.04 Å². The van der Waals surface area contributed by atoms with Gasteiger partial charge >= 0.3 is 6.18 Å². The summed E-state index contributed by atoms with van der Waals surface area (Å²) in [7, 11) is 0. The lowest BCUT2D eigenvalue weighted by Gasteiger charge is -2.40. The minimum atomic E-state index is -4.31. The number of hydrogen-bond donors (Lipinski definition) is 3. The van der Waals surface area contributed by atoms with Gasteiger partial charge in [-0.1, -0.05) is 25.0 Å². The van der Waals surface area contributed by atoms with Crippen LogP contribution >= 0.6 is 0 Å². The second-order valence-electron chi connectivity index (χ2n) is 11.5. The van der Waals surface area contributed by atoms with Crippen LogP contribution in [0.25, 0.3) is 11.1 Å². The number of fused-ring (bicyclic) bond motifs is 1. The normalized spacial score (nSPS) is 23.5. The number of halogens is 3. The molecule has 0 radical (unpaired) electrons. The Kier molecular flexibility index (Phi) is 7.98. The predicted octanol–water partition coefficient (Wildman–Crippen LogP) is 6.39. The van der Waals surface area contributed by atoms with Gasteiger partial charge in [0.1, 0.15) is 5.82 Å². The fraction of sp³-hybridized carbons (Fsp3) is 0.469. The van der Waals surface area contributed by atoms with Crippen molar-refractivity contribution in [2.45, 2.75) is 75.8 Å². The van der Waals surface area contributed by atoms with E-state index in [1.807, 2.05) is 6.20 Å². The highest BCUT2D eigenvalue weighted by Gasteiger charge is 2.32. The summed E-state index contributed by atoms with van der Waals surface area (Å²) >= 11 is 0. The van der Waals surface area contributed by atoms with Crippen LogP contribution in [0.5, 0.6) is 0 Å². The number of benzene rings is 2. The van der Waals surface area contributed by atoms with E-state index < -0.39 is 11.7 Å². The Morgan fingerprint density at radius 3 is 2.48 bits per heavy atom. The molecule has 3 heterocycles. The first-order valence-corrected chi connectivity index (χ1v) is 14.7. The number of pyridine rings is 1. The summed E-state index contributed by atoms with van der Waals surface area (Å²) < 4.78 is 39.0. The summed E-state index contributed by atoms with van der Waals surface area (Å²) in [6.45, 7) is 3.63. The molecule has 1 aromatic heterocycles. The van der Waals surface area contributed by atoms with E-state index in [9.17, 15) is 13.2 Å². The lowest BCUT2D eigenvalue weighted by molar-refractivity contribution is -0.137. The van der Waals surface area contributed by atoms with Crippen molar-refractivity contribution in [3.05, 3.63) is 77.5 Å². The Labute approximate surface area is 234 Å². The van der Waals surface area contributed by atoms with Crippen LogP contribution in [0, 0.1) is 0 Å². The summed E-state index contributed by atoms with van der Waals surface area (Å²) in [4.78, 5) is 6.88. The number of nitrogens with one attached hydrogen (secondary N) is 3. The van der Waals surface area contributed by atoms with Gasteiger partial charge in [-0.25, -0.2) is 4.98 Å². The van der Waals surface area contributed by atoms with E-state index in [0.29, 0.717) is 12.1 Å². The van der Waals surface area contributed by atoms with Crippen LogP contribution in [0.3, 0.4) is 0 Å². The highest BCUT2D eigenvalue weighted by atomic mass is 19.4. The van der Waals surface area contributed by atoms with Crippen molar-refractivity contribution in [1.29, 1.82) is 0 Å². The zero-order chi connectivity index (χ0) is 27.5. The number of anilines is 2. The Bertz CT molecular complexity index is 1290. The minimum Gasteiger partial charge on any atom is -0.370 e. The molecule has 8 heteroatoms. The number of rotatable bonds is 6. The summed E-state index contributed by atoms with van der Waals surface area (Å²) in [5, 5.41) is 11.1. The van der Waals surface area contributed by atoms with E-state index >= 15 is 0 Å². The van der Waals surface area contributed by atoms with Gasteiger partial charge in [0.05, 0.1) is 5.56 Å². The van der Waals surface area contributed by atoms with Gasteiger partial charge < -0.3 is 20.9 Å². The fourth-order valence-corrected chi connectivity index (χ4v) is 6.55. The van der Waals surface area contributed by atoms with Crippen LogP contribution in [0.15, 0.2) is 60.8 Å². The van der Waals surface area contributed by atoms with Crippen molar-refractivity contribution in [2.75, 3.05) is 29.9 Å². The molecule has 40 heavy (non-hydrogen) atoms. The van der Waals surface area contributed by atoms with Gasteiger partial charge in [-0.15, -0.1) is 0 Å². The van der Waals surface area contributed by atoms with Gasteiger partial charge in [0.25, 0.3) is 0 Å². The van der Waals surface area contributed by atoms with Gasteiger partial charge in [-0.05, 0) is 103 Å². The van der Waals surface area contributed by atoms with Crippen LogP contribution in [-0.2, 0) is 19.1 Å². The molecule has 2 aromatic carbocycles. The standard InChI is InChI=1S/C32H38F3N5/c33-32(34,35)26-9-11-28(12-10-26)40-17-3-4-27(21-40)38-29-5-1-2-6-30(29)39-31-19-24(14-16-37-31)23-8-7-22-13-15-36-20-25(22)18-23/h7-12,14,16,18-19,27,29-30,36,38H,1-6,13,15,17,20-21H2,(H,37,39)/t27-,29+,30+/m0/s1. The molecule has 5 nitrogen and oxygen atoms in total. The Morgan fingerprint density at radius 1 is 0.850 bits per heavy atom. The van der Waals surface area contributed by atoms with Crippen LogP contribution in [0.2, 0.25) is 0 Å². The molecule has 0 unspecified atom stereocenters. The maximum Gasteiger partial charge on any atom is 0.416 e. The molecule has 3 N–H and O–H groups in total. The molecule has 3 aromatic rings. The van der Waals surface area contributed by atoms with Gasteiger partial charge in [0.2, 0.25) is 0 Å². The van der Waals surface area contributed by atoms with Gasteiger partial charge in [-0.2, -0.15) is 13.2 Å². The number of piperidine rings is 1. The Hall–Kier alpha value is -3.10. The lowest BCUT2D eigenvalue weighted by Crippen LogP contribution is -2.55. The fourth-order valence-electron chi connectivity index (χ4n) is 6.55. The molecule has 1 saturated carbocycles. The highest BCUT2D eigenvalue weighted by molar-refractivity contribution is 5.67. The van der Waals surface area contributed by atoms with Crippen molar-refractivity contribution >= 4 is 11.5 Å². The first-order valence-electron chi connectivity index (χ1n) is 14.7. The van der Waals surface area contributed by atoms with Crippen LogP contribution < -0.4 is 20.9 Å². The molecule has 0 amide bonds. The first-order chi connectivity index (χ1) is 19.4. The average molecular weight is 550 g/mol. The van der Waals surface area contributed by atoms with Crippen molar-refractivity contribution in [2.24, 2.45) is 0 Å². The largest absolute Gasteiger partial charge is 0.416 e. The molecule has 0 bridgehead atoms. The number of hydrogen-bond acceptors (Lipinski definition) is 5. The second kappa shape index (κ2) is 11.8. The third kappa shape index (κ3) is 6.28. The summed E-state index contributed by atoms with van der Waals surface area (Å²) in [6, 6.07) is 17.5. The van der Waals surface area contributed by atoms with Crippen LogP contribution in [0.4, 0.5) is 24.7 Å². The lowest BCUT2D eigenvalue weighted by atomic mass is 9.89. The number of nitrogens with zero attached hydrogens (tertiary/aromatic N) is 2. The Morgan fingerprint density at radius 2 is 1.65 bits per heavy atom. The first kappa shape index (κ1) is 27.1. The van der Waals surface area contributed by atoms with E-state index in [1.165, 1.54) is 47.2 Å². The minimum absolute atomic E-state index is 0.283. The van der Waals surface area contributed by atoms with E-state index in [4.69, 9.17) is 0 Å². The Balaban J connectivity index is 1.11. The molecule has 2 aliphatic heterocycles. The molecule has 3 aliphatic rings. The average Bonchev–Trinajstić information content (AvgIpc) is 2.98. The van der Waals surface area contributed by atoms with Crippen molar-refractivity contribution in [1.82, 2.24) is 15.6 Å². The smallest absolute Gasteiger partial charge is 0.370 e. The molecule has 6 rings (SSSR count). The van der Waals surface area contributed by atoms with Crippen molar-refractivity contribution in [3.63, 3.8) is 0 Å². The van der Waals surface area contributed by atoms with Gasteiger partial charge in [0, 0.05) is 49.6 Å². The second-order valence-corrected chi connectivity index (χ2v) is 11.5. The number of aromatic nitrogens is 1. The maximum atomic E-state index is 13.0. The molecule has 1 saturated heterocycles. The topological polar surface area (TPSA) is 52.2 Å². The zero-order valence-corrected chi connectivity index (χ0v) is 22.8. The van der Waals surface area contributed by atoms with E-state index in [0.717, 1.165) is 69.8 Å². The summed E-state index contributed by atoms with van der Waals surface area (Å²) in [5.74, 6) is 0.905. The van der Waals surface area contributed by atoms with Crippen molar-refractivity contribution < 1.29 is 13.2 Å². The summed E-state index contributed by atoms with van der Waals surface area (Å²) in [6.07, 6.45) is 5.33. The molecule has 3 atom stereocenters. The van der Waals surface area contributed by atoms with Gasteiger partial charge in [-0.3, -0.25) is 0 Å². The molecule has 2 fully saturated rings. The van der Waals surface area contributed by atoms with Crippen LogP contribution in [0.1, 0.15) is 55.2 Å².